The first-order valence-electron chi connectivity index (χ1n) is 4.46. The van der Waals surface area contributed by atoms with Crippen molar-refractivity contribution in [3.63, 3.8) is 0 Å². The predicted octanol–water partition coefficient (Wildman–Crippen LogP) is 1.36. The second-order valence-electron chi connectivity index (χ2n) is 3.74. The Bertz CT molecular complexity index is 352. The van der Waals surface area contributed by atoms with E-state index in [0.29, 0.717) is 30.1 Å². The lowest BCUT2D eigenvalue weighted by Crippen LogP contribution is -2.60. The Hall–Kier alpha value is -0.640. The van der Waals surface area contributed by atoms with E-state index in [1.807, 2.05) is 0 Å². The maximum atomic E-state index is 12.9. The molecule has 2 rings (SSSR count). The van der Waals surface area contributed by atoms with Gasteiger partial charge in [-0.05, 0) is 23.8 Å². The highest BCUT2D eigenvalue weighted by Gasteiger charge is 2.34. The first-order valence-corrected chi connectivity index (χ1v) is 4.84. The number of hydrogen-bond acceptors (Lipinski definition) is 2. The molecule has 1 heterocycles. The van der Waals surface area contributed by atoms with Crippen LogP contribution in [0.1, 0.15) is 5.56 Å². The maximum Gasteiger partial charge on any atom is 0.123 e. The van der Waals surface area contributed by atoms with Crippen LogP contribution in [0.2, 0.25) is 5.02 Å². The van der Waals surface area contributed by atoms with E-state index in [9.17, 15) is 9.50 Å². The topological polar surface area (TPSA) is 32.3 Å². The van der Waals surface area contributed by atoms with Crippen LogP contribution in [-0.4, -0.2) is 23.8 Å². The van der Waals surface area contributed by atoms with Crippen LogP contribution in [0, 0.1) is 5.82 Å². The molecule has 0 amide bonds. The molecule has 0 unspecified atom stereocenters. The normalized spacial score (nSPS) is 19.1. The average Bonchev–Trinajstić information content (AvgIpc) is 2.09. The predicted molar refractivity (Wildman–Crippen MR) is 52.9 cm³/mol. The summed E-state index contributed by atoms with van der Waals surface area (Å²) in [6.07, 6.45) is 0.399. The van der Waals surface area contributed by atoms with Crippen LogP contribution in [0.5, 0.6) is 0 Å². The summed E-state index contributed by atoms with van der Waals surface area (Å²) in [6.45, 7) is 1.08. The number of β-amino-alcohol motifs (C(OH)–C–C–N with tert-alkyl or cyclic N) is 1. The molecule has 1 fully saturated rings. The Morgan fingerprint density at radius 3 is 2.79 bits per heavy atom. The van der Waals surface area contributed by atoms with E-state index >= 15 is 0 Å². The minimum Gasteiger partial charge on any atom is -0.387 e. The van der Waals surface area contributed by atoms with Gasteiger partial charge in [-0.25, -0.2) is 4.39 Å². The van der Waals surface area contributed by atoms with Gasteiger partial charge in [-0.15, -0.1) is 0 Å². The van der Waals surface area contributed by atoms with Gasteiger partial charge in [0, 0.05) is 24.5 Å². The van der Waals surface area contributed by atoms with Gasteiger partial charge < -0.3 is 10.4 Å². The molecule has 1 saturated heterocycles. The van der Waals surface area contributed by atoms with Gasteiger partial charge >= 0.3 is 0 Å². The SMILES string of the molecule is OC1(Cc2cc(F)ccc2Cl)CNC1. The fraction of sp³-hybridized carbons (Fsp3) is 0.400. The van der Waals surface area contributed by atoms with E-state index in [1.54, 1.807) is 0 Å². The number of aliphatic hydroxyl groups is 1. The minimum absolute atomic E-state index is 0.319. The van der Waals surface area contributed by atoms with Gasteiger partial charge in [0.15, 0.2) is 0 Å². The largest absolute Gasteiger partial charge is 0.387 e. The van der Waals surface area contributed by atoms with Crippen LogP contribution in [0.15, 0.2) is 18.2 Å². The zero-order valence-corrected chi connectivity index (χ0v) is 8.31. The number of nitrogens with one attached hydrogen (secondary N) is 1. The molecule has 1 aliphatic heterocycles. The highest BCUT2D eigenvalue weighted by atomic mass is 35.5. The van der Waals surface area contributed by atoms with Gasteiger partial charge in [0.25, 0.3) is 0 Å². The van der Waals surface area contributed by atoms with Crippen molar-refractivity contribution in [1.29, 1.82) is 0 Å². The number of hydrogen-bond donors (Lipinski definition) is 2. The van der Waals surface area contributed by atoms with Gasteiger partial charge in [-0.3, -0.25) is 0 Å². The van der Waals surface area contributed by atoms with E-state index in [4.69, 9.17) is 11.6 Å². The molecule has 1 aromatic carbocycles. The monoisotopic (exact) mass is 215 g/mol. The zero-order valence-electron chi connectivity index (χ0n) is 7.56. The highest BCUT2D eigenvalue weighted by Crippen LogP contribution is 2.24. The van der Waals surface area contributed by atoms with Crippen molar-refractivity contribution in [2.75, 3.05) is 13.1 Å². The van der Waals surface area contributed by atoms with Gasteiger partial charge in [0.05, 0.1) is 5.60 Å². The van der Waals surface area contributed by atoms with Crippen molar-refractivity contribution in [2.24, 2.45) is 0 Å². The molecule has 0 aliphatic carbocycles. The number of benzene rings is 1. The lowest BCUT2D eigenvalue weighted by Gasteiger charge is -2.37. The van der Waals surface area contributed by atoms with Gasteiger partial charge in [0.1, 0.15) is 5.82 Å². The average molecular weight is 216 g/mol. The molecule has 0 spiro atoms. The molecule has 0 aromatic heterocycles. The number of rotatable bonds is 2. The summed E-state index contributed by atoms with van der Waals surface area (Å²) < 4.78 is 12.9. The Morgan fingerprint density at radius 1 is 1.50 bits per heavy atom. The Labute approximate surface area is 86.7 Å². The van der Waals surface area contributed by atoms with Crippen LogP contribution >= 0.6 is 11.6 Å². The van der Waals surface area contributed by atoms with E-state index in [2.05, 4.69) is 5.32 Å². The minimum atomic E-state index is -0.753. The Balaban J connectivity index is 2.19. The standard InChI is InChI=1S/C10H11ClFNO/c11-9-2-1-8(12)3-7(9)4-10(14)5-13-6-10/h1-3,13-14H,4-6H2. The van der Waals surface area contributed by atoms with E-state index in [1.165, 1.54) is 18.2 Å². The molecular formula is C10H11ClFNO. The lowest BCUT2D eigenvalue weighted by atomic mass is 9.89. The third-order valence-corrected chi connectivity index (χ3v) is 2.80. The molecule has 14 heavy (non-hydrogen) atoms. The fourth-order valence-electron chi connectivity index (χ4n) is 1.57. The van der Waals surface area contributed by atoms with Crippen molar-refractivity contribution in [2.45, 2.75) is 12.0 Å². The third kappa shape index (κ3) is 1.90. The quantitative estimate of drug-likeness (QED) is 0.781. The second-order valence-corrected chi connectivity index (χ2v) is 4.15. The molecule has 2 nitrogen and oxygen atoms in total. The van der Waals surface area contributed by atoms with Crippen LogP contribution in [0.3, 0.4) is 0 Å². The molecule has 2 N–H and O–H groups in total. The Kier molecular flexibility index (Phi) is 2.47. The third-order valence-electron chi connectivity index (χ3n) is 2.44. The van der Waals surface area contributed by atoms with Crippen molar-refractivity contribution < 1.29 is 9.50 Å². The van der Waals surface area contributed by atoms with Gasteiger partial charge in [0.2, 0.25) is 0 Å². The maximum absolute atomic E-state index is 12.9. The lowest BCUT2D eigenvalue weighted by molar-refractivity contribution is -0.00904. The first-order chi connectivity index (χ1) is 6.59. The summed E-state index contributed by atoms with van der Waals surface area (Å²) in [6, 6.07) is 4.20. The molecule has 0 atom stereocenters. The fourth-order valence-corrected chi connectivity index (χ4v) is 1.76. The summed E-state index contributed by atoms with van der Waals surface area (Å²) in [5.74, 6) is -0.319. The van der Waals surface area contributed by atoms with E-state index < -0.39 is 5.60 Å². The molecular weight excluding hydrogens is 205 g/mol. The van der Waals surface area contributed by atoms with Crippen molar-refractivity contribution >= 4 is 11.6 Å². The smallest absolute Gasteiger partial charge is 0.123 e. The molecule has 4 heteroatoms. The first kappa shape index (κ1) is 9.90. The summed E-state index contributed by atoms with van der Waals surface area (Å²) in [7, 11) is 0. The molecule has 1 aromatic rings. The van der Waals surface area contributed by atoms with Gasteiger partial charge in [-0.1, -0.05) is 11.6 Å². The van der Waals surface area contributed by atoms with Gasteiger partial charge in [-0.2, -0.15) is 0 Å². The molecule has 0 bridgehead atoms. The molecule has 76 valence electrons. The van der Waals surface area contributed by atoms with Crippen molar-refractivity contribution in [3.8, 4) is 0 Å². The summed E-state index contributed by atoms with van der Waals surface area (Å²) in [5, 5.41) is 13.3. The summed E-state index contributed by atoms with van der Waals surface area (Å²) >= 11 is 5.89. The molecule has 0 saturated carbocycles. The highest BCUT2D eigenvalue weighted by molar-refractivity contribution is 6.31. The van der Waals surface area contributed by atoms with Crippen LogP contribution in [0.25, 0.3) is 0 Å². The van der Waals surface area contributed by atoms with Crippen molar-refractivity contribution in [3.05, 3.63) is 34.6 Å². The summed E-state index contributed by atoms with van der Waals surface area (Å²) in [5.41, 5.74) is -0.0899. The van der Waals surface area contributed by atoms with Crippen LogP contribution in [-0.2, 0) is 6.42 Å². The molecule has 0 radical (unpaired) electrons. The number of halogens is 2. The second kappa shape index (κ2) is 3.50. The Morgan fingerprint density at radius 2 is 2.21 bits per heavy atom. The van der Waals surface area contributed by atoms with Crippen molar-refractivity contribution in [1.82, 2.24) is 5.32 Å². The van der Waals surface area contributed by atoms with E-state index in [0.717, 1.165) is 0 Å². The molecule has 1 aliphatic rings. The van der Waals surface area contributed by atoms with E-state index in [-0.39, 0.29) is 5.82 Å². The van der Waals surface area contributed by atoms with Crippen LogP contribution in [0.4, 0.5) is 4.39 Å². The summed E-state index contributed by atoms with van der Waals surface area (Å²) in [4.78, 5) is 0. The van der Waals surface area contributed by atoms with Crippen LogP contribution < -0.4 is 5.32 Å². The zero-order chi connectivity index (χ0) is 10.2.